The van der Waals surface area contributed by atoms with E-state index in [2.05, 4.69) is 217 Å². The fourth-order valence-electron chi connectivity index (χ4n) is 8.43. The number of fused-ring (bicyclic) bond motifs is 6. The van der Waals surface area contributed by atoms with Crippen molar-refractivity contribution in [1.82, 2.24) is 0 Å². The van der Waals surface area contributed by atoms with Crippen LogP contribution in [0.25, 0.3) is 42.4 Å². The van der Waals surface area contributed by atoms with Gasteiger partial charge in [0.25, 0.3) is 0 Å². The first kappa shape index (κ1) is 32.4. The van der Waals surface area contributed by atoms with E-state index in [1.807, 2.05) is 11.3 Å². The standard InChI is InChI=1S/C50H38N2SSi/c1-54(2)48-31-29-40(33-44(48)42-30-28-41(34-49(42)54)51(37-19-8-4-9-20-37)38-21-10-5-11-22-38)52(39-23-14-18-36(32-39)35-16-6-3-7-17-35)45-25-15-27-47-50(45)43-24-12-13-26-46(43)53-47/h3-34H,1-2H3. The normalized spacial score (nSPS) is 12.8. The van der Waals surface area contributed by atoms with Crippen molar-refractivity contribution in [1.29, 1.82) is 0 Å². The minimum Gasteiger partial charge on any atom is -0.311 e. The van der Waals surface area contributed by atoms with Crippen molar-refractivity contribution < 1.29 is 0 Å². The molecule has 1 aliphatic heterocycles. The van der Waals surface area contributed by atoms with Gasteiger partial charge in [-0.25, -0.2) is 0 Å². The number of benzene rings is 8. The van der Waals surface area contributed by atoms with E-state index in [1.54, 1.807) is 0 Å². The third-order valence-electron chi connectivity index (χ3n) is 11.0. The highest BCUT2D eigenvalue weighted by Crippen LogP contribution is 2.46. The maximum absolute atomic E-state index is 2.51. The van der Waals surface area contributed by atoms with Crippen molar-refractivity contribution in [2.75, 3.05) is 9.80 Å². The van der Waals surface area contributed by atoms with Gasteiger partial charge in [0.05, 0.1) is 5.69 Å². The van der Waals surface area contributed by atoms with Crippen molar-refractivity contribution in [3.63, 3.8) is 0 Å². The number of hydrogen-bond donors (Lipinski definition) is 0. The molecule has 0 radical (unpaired) electrons. The smallest absolute Gasteiger partial charge is 0.113 e. The van der Waals surface area contributed by atoms with Crippen LogP contribution in [0.5, 0.6) is 0 Å². The lowest BCUT2D eigenvalue weighted by Gasteiger charge is -2.28. The van der Waals surface area contributed by atoms with Crippen LogP contribution in [0.3, 0.4) is 0 Å². The predicted octanol–water partition coefficient (Wildman–Crippen LogP) is 13.5. The van der Waals surface area contributed by atoms with Gasteiger partial charge in [-0.2, -0.15) is 0 Å². The third-order valence-corrected chi connectivity index (χ3v) is 15.7. The zero-order valence-electron chi connectivity index (χ0n) is 30.3. The summed E-state index contributed by atoms with van der Waals surface area (Å²) < 4.78 is 2.61. The molecule has 0 saturated heterocycles. The molecule has 0 aliphatic carbocycles. The fraction of sp³-hybridized carbons (Fsp3) is 0.0400. The molecule has 4 heteroatoms. The van der Waals surface area contributed by atoms with E-state index < -0.39 is 8.07 Å². The first-order chi connectivity index (χ1) is 26.5. The summed E-state index contributed by atoms with van der Waals surface area (Å²) in [6.45, 7) is 5.02. The molecule has 1 aliphatic rings. The Bertz CT molecular complexity index is 2770. The summed E-state index contributed by atoms with van der Waals surface area (Å²) in [6, 6.07) is 71.2. The monoisotopic (exact) mass is 726 g/mol. The van der Waals surface area contributed by atoms with Crippen LogP contribution in [-0.2, 0) is 0 Å². The zero-order chi connectivity index (χ0) is 36.2. The molecule has 0 saturated carbocycles. The van der Waals surface area contributed by atoms with Gasteiger partial charge in [-0.3, -0.25) is 0 Å². The Balaban J connectivity index is 1.16. The number of nitrogens with zero attached hydrogens (tertiary/aromatic N) is 2. The first-order valence-corrected chi connectivity index (χ1v) is 22.4. The lowest BCUT2D eigenvalue weighted by atomic mass is 10.0. The van der Waals surface area contributed by atoms with Crippen molar-refractivity contribution in [2.24, 2.45) is 0 Å². The van der Waals surface area contributed by atoms with Crippen LogP contribution in [0.4, 0.5) is 34.1 Å². The zero-order valence-corrected chi connectivity index (χ0v) is 32.1. The maximum atomic E-state index is 2.51. The van der Waals surface area contributed by atoms with Crippen LogP contribution in [0.2, 0.25) is 13.1 Å². The lowest BCUT2D eigenvalue weighted by molar-refractivity contribution is 1.29. The van der Waals surface area contributed by atoms with Crippen molar-refractivity contribution in [2.45, 2.75) is 13.1 Å². The largest absolute Gasteiger partial charge is 0.311 e. The molecular weight excluding hydrogens is 689 g/mol. The van der Waals surface area contributed by atoms with E-state index in [4.69, 9.17) is 0 Å². The molecule has 0 N–H and O–H groups in total. The number of rotatable bonds is 7. The summed E-state index contributed by atoms with van der Waals surface area (Å²) in [7, 11) is -2.04. The molecule has 0 fully saturated rings. The average molecular weight is 727 g/mol. The Morgan fingerprint density at radius 2 is 0.963 bits per heavy atom. The van der Waals surface area contributed by atoms with Crippen LogP contribution >= 0.6 is 11.3 Å². The van der Waals surface area contributed by atoms with Gasteiger partial charge in [0.15, 0.2) is 0 Å². The molecule has 2 nitrogen and oxygen atoms in total. The summed E-state index contributed by atoms with van der Waals surface area (Å²) in [5.41, 5.74) is 12.1. The van der Waals surface area contributed by atoms with Gasteiger partial charge in [0.2, 0.25) is 0 Å². The highest BCUT2D eigenvalue weighted by Gasteiger charge is 2.38. The number of para-hydroxylation sites is 2. The van der Waals surface area contributed by atoms with Crippen LogP contribution in [-0.4, -0.2) is 8.07 Å². The van der Waals surface area contributed by atoms with Crippen LogP contribution in [0.15, 0.2) is 194 Å². The van der Waals surface area contributed by atoms with E-state index in [1.165, 1.54) is 69.9 Å². The summed E-state index contributed by atoms with van der Waals surface area (Å²) in [4.78, 5) is 4.87. The Kier molecular flexibility index (Phi) is 7.83. The topological polar surface area (TPSA) is 6.48 Å². The Labute approximate surface area is 321 Å². The second kappa shape index (κ2) is 13.0. The van der Waals surface area contributed by atoms with Crippen LogP contribution < -0.4 is 20.2 Å². The molecule has 258 valence electrons. The van der Waals surface area contributed by atoms with E-state index >= 15 is 0 Å². The molecule has 9 aromatic rings. The second-order valence-corrected chi connectivity index (χ2v) is 20.0. The summed E-state index contributed by atoms with van der Waals surface area (Å²) in [5.74, 6) is 0. The number of anilines is 6. The highest BCUT2D eigenvalue weighted by atomic mass is 32.1. The number of thiophene rings is 1. The molecular formula is C50H38N2SSi. The van der Waals surface area contributed by atoms with Gasteiger partial charge in [-0.15, -0.1) is 11.3 Å². The molecule has 54 heavy (non-hydrogen) atoms. The van der Waals surface area contributed by atoms with Crippen LogP contribution in [0, 0.1) is 0 Å². The van der Waals surface area contributed by atoms with Crippen molar-refractivity contribution >= 4 is 84.1 Å². The second-order valence-electron chi connectivity index (χ2n) is 14.6. The van der Waals surface area contributed by atoms with Gasteiger partial charge in [-0.1, -0.05) is 128 Å². The van der Waals surface area contributed by atoms with Crippen molar-refractivity contribution in [3.8, 4) is 22.3 Å². The minimum absolute atomic E-state index is 1.14. The van der Waals surface area contributed by atoms with Gasteiger partial charge in [0, 0.05) is 48.6 Å². The molecule has 0 atom stereocenters. The average Bonchev–Trinajstić information content (AvgIpc) is 3.71. The summed E-state index contributed by atoms with van der Waals surface area (Å²) in [5, 5.41) is 5.56. The lowest BCUT2D eigenvalue weighted by Crippen LogP contribution is -2.49. The molecule has 10 rings (SSSR count). The van der Waals surface area contributed by atoms with Crippen molar-refractivity contribution in [3.05, 3.63) is 194 Å². The molecule has 0 amide bonds. The summed E-state index contributed by atoms with van der Waals surface area (Å²) in [6.07, 6.45) is 0. The van der Waals surface area contributed by atoms with Gasteiger partial charge in [-0.05, 0) is 111 Å². The molecule has 8 aromatic carbocycles. The SMILES string of the molecule is C[Si]1(C)c2ccc(N(c3cccc(-c4ccccc4)c3)c3cccc4sc5ccccc5c34)cc2-c2ccc(N(c3ccccc3)c3ccccc3)cc21. The molecule has 0 bridgehead atoms. The Morgan fingerprint density at radius 1 is 0.389 bits per heavy atom. The van der Waals surface area contributed by atoms with Gasteiger partial charge < -0.3 is 9.80 Å². The predicted molar refractivity (Wildman–Crippen MR) is 236 cm³/mol. The van der Waals surface area contributed by atoms with E-state index in [0.29, 0.717) is 0 Å². The van der Waals surface area contributed by atoms with Gasteiger partial charge in [0.1, 0.15) is 8.07 Å². The van der Waals surface area contributed by atoms with Crippen LogP contribution in [0.1, 0.15) is 0 Å². The fourth-order valence-corrected chi connectivity index (χ4v) is 12.6. The Morgan fingerprint density at radius 3 is 1.72 bits per heavy atom. The minimum atomic E-state index is -2.04. The quantitative estimate of drug-likeness (QED) is 0.151. The molecule has 0 spiro atoms. The third kappa shape index (κ3) is 5.37. The molecule has 1 aromatic heterocycles. The maximum Gasteiger partial charge on any atom is 0.113 e. The van der Waals surface area contributed by atoms with E-state index in [9.17, 15) is 0 Å². The first-order valence-electron chi connectivity index (χ1n) is 18.6. The Hall–Kier alpha value is -6.20. The van der Waals surface area contributed by atoms with Gasteiger partial charge >= 0.3 is 0 Å². The van der Waals surface area contributed by atoms with E-state index in [-0.39, 0.29) is 0 Å². The molecule has 2 heterocycles. The highest BCUT2D eigenvalue weighted by molar-refractivity contribution is 7.26. The summed E-state index contributed by atoms with van der Waals surface area (Å²) >= 11 is 1.87. The molecule has 0 unspecified atom stereocenters. The number of hydrogen-bond acceptors (Lipinski definition) is 3. The van der Waals surface area contributed by atoms with E-state index in [0.717, 1.165) is 17.1 Å².